The first-order valence-electron chi connectivity index (χ1n) is 7.41. The zero-order chi connectivity index (χ0) is 13.8. The SMILES string of the molecule is CCNCc1ccc(CN2CCc3sccc3C2)cc1. The van der Waals surface area contributed by atoms with Gasteiger partial charge >= 0.3 is 0 Å². The molecule has 0 saturated heterocycles. The molecule has 0 amide bonds. The minimum Gasteiger partial charge on any atom is -0.313 e. The van der Waals surface area contributed by atoms with Crippen LogP contribution in [-0.2, 0) is 26.1 Å². The van der Waals surface area contributed by atoms with Crippen molar-refractivity contribution < 1.29 is 0 Å². The van der Waals surface area contributed by atoms with E-state index in [1.807, 2.05) is 11.3 Å². The van der Waals surface area contributed by atoms with Gasteiger partial charge in [-0.3, -0.25) is 4.90 Å². The van der Waals surface area contributed by atoms with Crippen LogP contribution >= 0.6 is 11.3 Å². The molecule has 2 nitrogen and oxygen atoms in total. The first kappa shape index (κ1) is 13.8. The highest BCUT2D eigenvalue weighted by Gasteiger charge is 2.16. The number of thiophene rings is 1. The van der Waals surface area contributed by atoms with Gasteiger partial charge in [-0.25, -0.2) is 0 Å². The third-order valence-electron chi connectivity index (χ3n) is 3.90. The van der Waals surface area contributed by atoms with E-state index in [0.717, 1.165) is 26.2 Å². The van der Waals surface area contributed by atoms with Crippen molar-refractivity contribution in [3.05, 3.63) is 57.3 Å². The molecule has 2 heterocycles. The van der Waals surface area contributed by atoms with Gasteiger partial charge in [0.05, 0.1) is 0 Å². The summed E-state index contributed by atoms with van der Waals surface area (Å²) >= 11 is 1.91. The second-order valence-corrected chi connectivity index (χ2v) is 6.43. The van der Waals surface area contributed by atoms with Crippen molar-refractivity contribution in [3.63, 3.8) is 0 Å². The second-order valence-electron chi connectivity index (χ2n) is 5.43. The minimum atomic E-state index is 0.971. The summed E-state index contributed by atoms with van der Waals surface area (Å²) in [6.07, 6.45) is 1.21. The smallest absolute Gasteiger partial charge is 0.0248 e. The molecule has 20 heavy (non-hydrogen) atoms. The Bertz CT molecular complexity index is 544. The first-order chi connectivity index (χ1) is 9.85. The summed E-state index contributed by atoms with van der Waals surface area (Å²) in [7, 11) is 0. The number of rotatable bonds is 5. The molecular weight excluding hydrogens is 264 g/mol. The molecule has 0 unspecified atom stereocenters. The monoisotopic (exact) mass is 286 g/mol. The van der Waals surface area contributed by atoms with Crippen LogP contribution in [0.15, 0.2) is 35.7 Å². The molecule has 1 aliphatic heterocycles. The third-order valence-corrected chi connectivity index (χ3v) is 4.92. The van der Waals surface area contributed by atoms with Gasteiger partial charge in [0.25, 0.3) is 0 Å². The van der Waals surface area contributed by atoms with Crippen molar-refractivity contribution in [2.75, 3.05) is 13.1 Å². The Morgan fingerprint density at radius 1 is 1.15 bits per heavy atom. The van der Waals surface area contributed by atoms with E-state index in [-0.39, 0.29) is 0 Å². The van der Waals surface area contributed by atoms with Crippen LogP contribution in [0.25, 0.3) is 0 Å². The van der Waals surface area contributed by atoms with Gasteiger partial charge in [-0.2, -0.15) is 0 Å². The second kappa shape index (κ2) is 6.53. The summed E-state index contributed by atoms with van der Waals surface area (Å²) in [6.45, 7) is 7.50. The number of hydrogen-bond donors (Lipinski definition) is 1. The minimum absolute atomic E-state index is 0.971. The summed E-state index contributed by atoms with van der Waals surface area (Å²) in [5.41, 5.74) is 4.32. The third kappa shape index (κ3) is 3.29. The van der Waals surface area contributed by atoms with Crippen molar-refractivity contribution >= 4 is 11.3 Å². The van der Waals surface area contributed by atoms with Crippen molar-refractivity contribution in [1.29, 1.82) is 0 Å². The summed E-state index contributed by atoms with van der Waals surface area (Å²) in [5.74, 6) is 0. The summed E-state index contributed by atoms with van der Waals surface area (Å²) in [6, 6.07) is 11.3. The average Bonchev–Trinajstić information content (AvgIpc) is 2.94. The van der Waals surface area contributed by atoms with Crippen molar-refractivity contribution in [1.82, 2.24) is 10.2 Å². The maximum absolute atomic E-state index is 3.36. The molecule has 0 saturated carbocycles. The maximum Gasteiger partial charge on any atom is 0.0248 e. The van der Waals surface area contributed by atoms with Crippen LogP contribution in [-0.4, -0.2) is 18.0 Å². The highest BCUT2D eigenvalue weighted by Crippen LogP contribution is 2.25. The van der Waals surface area contributed by atoms with Crippen molar-refractivity contribution in [3.8, 4) is 0 Å². The number of benzene rings is 1. The zero-order valence-electron chi connectivity index (χ0n) is 12.1. The zero-order valence-corrected chi connectivity index (χ0v) is 12.9. The molecule has 1 aromatic carbocycles. The van der Waals surface area contributed by atoms with Crippen LogP contribution in [0.1, 0.15) is 28.5 Å². The summed E-state index contributed by atoms with van der Waals surface area (Å²) < 4.78 is 0. The molecule has 106 valence electrons. The Labute approximate surface area is 125 Å². The quantitative estimate of drug-likeness (QED) is 0.906. The molecule has 1 aromatic heterocycles. The van der Waals surface area contributed by atoms with E-state index in [2.05, 4.69) is 52.9 Å². The van der Waals surface area contributed by atoms with Gasteiger partial charge in [0.15, 0.2) is 0 Å². The Morgan fingerprint density at radius 2 is 1.95 bits per heavy atom. The highest BCUT2D eigenvalue weighted by atomic mass is 32.1. The van der Waals surface area contributed by atoms with Crippen LogP contribution in [0.4, 0.5) is 0 Å². The number of fused-ring (bicyclic) bond motifs is 1. The number of nitrogens with zero attached hydrogens (tertiary/aromatic N) is 1. The van der Waals surface area contributed by atoms with Crippen LogP contribution in [0.5, 0.6) is 0 Å². The number of hydrogen-bond acceptors (Lipinski definition) is 3. The lowest BCUT2D eigenvalue weighted by Gasteiger charge is -2.26. The lowest BCUT2D eigenvalue weighted by molar-refractivity contribution is 0.247. The van der Waals surface area contributed by atoms with E-state index in [1.54, 1.807) is 4.88 Å². The van der Waals surface area contributed by atoms with Crippen LogP contribution in [0, 0.1) is 0 Å². The molecule has 3 heteroatoms. The van der Waals surface area contributed by atoms with Gasteiger partial charge in [-0.15, -0.1) is 11.3 Å². The molecule has 1 aliphatic rings. The van der Waals surface area contributed by atoms with E-state index in [9.17, 15) is 0 Å². The fourth-order valence-electron chi connectivity index (χ4n) is 2.73. The molecule has 0 aliphatic carbocycles. The molecule has 0 fully saturated rings. The van der Waals surface area contributed by atoms with Crippen molar-refractivity contribution in [2.45, 2.75) is 33.0 Å². The molecule has 0 atom stereocenters. The maximum atomic E-state index is 3.36. The molecule has 0 spiro atoms. The predicted molar refractivity (Wildman–Crippen MR) is 86.0 cm³/mol. The van der Waals surface area contributed by atoms with Gasteiger partial charge < -0.3 is 5.32 Å². The Hall–Kier alpha value is -1.16. The van der Waals surface area contributed by atoms with E-state index in [4.69, 9.17) is 0 Å². The molecule has 1 N–H and O–H groups in total. The van der Waals surface area contributed by atoms with E-state index >= 15 is 0 Å². The van der Waals surface area contributed by atoms with Crippen molar-refractivity contribution in [2.24, 2.45) is 0 Å². The largest absolute Gasteiger partial charge is 0.313 e. The lowest BCUT2D eigenvalue weighted by Crippen LogP contribution is -2.29. The van der Waals surface area contributed by atoms with Gasteiger partial charge in [0, 0.05) is 31.1 Å². The van der Waals surface area contributed by atoms with Gasteiger partial charge in [0.1, 0.15) is 0 Å². The number of nitrogens with one attached hydrogen (secondary N) is 1. The van der Waals surface area contributed by atoms with Crippen LogP contribution < -0.4 is 5.32 Å². The summed E-state index contributed by atoms with van der Waals surface area (Å²) in [5, 5.41) is 5.59. The highest BCUT2D eigenvalue weighted by molar-refractivity contribution is 7.10. The Kier molecular flexibility index (Phi) is 4.51. The molecule has 0 bridgehead atoms. The fourth-order valence-corrected chi connectivity index (χ4v) is 3.62. The summed E-state index contributed by atoms with van der Waals surface area (Å²) in [4.78, 5) is 4.14. The van der Waals surface area contributed by atoms with Crippen LogP contribution in [0.2, 0.25) is 0 Å². The molecule has 3 rings (SSSR count). The Morgan fingerprint density at radius 3 is 2.75 bits per heavy atom. The standard InChI is InChI=1S/C17H22N2S/c1-2-18-11-14-3-5-15(6-4-14)12-19-9-7-17-16(13-19)8-10-20-17/h3-6,8,10,18H,2,7,9,11-13H2,1H3. The molecule has 2 aromatic rings. The molecule has 0 radical (unpaired) electrons. The predicted octanol–water partition coefficient (Wildman–Crippen LogP) is 3.42. The normalized spacial score (nSPS) is 15.2. The average molecular weight is 286 g/mol. The van der Waals surface area contributed by atoms with Gasteiger partial charge in [-0.1, -0.05) is 31.2 Å². The van der Waals surface area contributed by atoms with Gasteiger partial charge in [0.2, 0.25) is 0 Å². The van der Waals surface area contributed by atoms with E-state index in [1.165, 1.54) is 29.7 Å². The van der Waals surface area contributed by atoms with E-state index in [0.29, 0.717) is 0 Å². The van der Waals surface area contributed by atoms with E-state index < -0.39 is 0 Å². The fraction of sp³-hybridized carbons (Fsp3) is 0.412. The van der Waals surface area contributed by atoms with Crippen LogP contribution in [0.3, 0.4) is 0 Å². The Balaban J connectivity index is 1.58. The van der Waals surface area contributed by atoms with Gasteiger partial charge in [-0.05, 0) is 41.1 Å². The topological polar surface area (TPSA) is 15.3 Å². The molecular formula is C17H22N2S. The lowest BCUT2D eigenvalue weighted by atomic mass is 10.1. The first-order valence-corrected chi connectivity index (χ1v) is 8.29.